The fourth-order valence-electron chi connectivity index (χ4n) is 3.48. The summed E-state index contributed by atoms with van der Waals surface area (Å²) in [6.45, 7) is 6.48. The minimum atomic E-state index is -0.121. The van der Waals surface area contributed by atoms with E-state index in [1.165, 1.54) is 11.8 Å². The monoisotopic (exact) mass is 536 g/mol. The summed E-state index contributed by atoms with van der Waals surface area (Å²) in [6.07, 6.45) is 1.86. The molecule has 3 aromatic carbocycles. The molecule has 1 saturated heterocycles. The van der Waals surface area contributed by atoms with Crippen LogP contribution in [0, 0.1) is 13.8 Å². The SMILES string of the molecule is CCOc1cc(/C=C2\SC(=Nc3ccc(C)cc3)N(c3ccc(C)cc3)C2=O)cc(Br)c1OC. The zero-order valence-corrected chi connectivity index (χ0v) is 21.9. The average Bonchev–Trinajstić information content (AvgIpc) is 3.10. The molecular weight excluding hydrogens is 512 g/mol. The van der Waals surface area contributed by atoms with Gasteiger partial charge >= 0.3 is 0 Å². The Balaban J connectivity index is 1.77. The zero-order valence-electron chi connectivity index (χ0n) is 19.5. The number of aryl methyl sites for hydroxylation is 2. The summed E-state index contributed by atoms with van der Waals surface area (Å²) in [6, 6.07) is 19.6. The van der Waals surface area contributed by atoms with E-state index in [9.17, 15) is 4.79 Å². The molecule has 3 aromatic rings. The van der Waals surface area contributed by atoms with Gasteiger partial charge in [-0.1, -0.05) is 35.4 Å². The lowest BCUT2D eigenvalue weighted by atomic mass is 10.1. The van der Waals surface area contributed by atoms with E-state index >= 15 is 0 Å². The third-order valence-electron chi connectivity index (χ3n) is 5.19. The molecule has 0 N–H and O–H groups in total. The topological polar surface area (TPSA) is 51.1 Å². The molecule has 0 bridgehead atoms. The van der Waals surface area contributed by atoms with E-state index in [-0.39, 0.29) is 5.91 Å². The number of halogens is 1. The van der Waals surface area contributed by atoms with Crippen LogP contribution >= 0.6 is 27.7 Å². The first-order valence-electron chi connectivity index (χ1n) is 10.9. The van der Waals surface area contributed by atoms with Gasteiger partial charge in [-0.15, -0.1) is 0 Å². The Morgan fingerprint density at radius 1 is 1.03 bits per heavy atom. The second kappa shape index (κ2) is 10.5. The van der Waals surface area contributed by atoms with Crippen LogP contribution in [-0.4, -0.2) is 24.8 Å². The number of hydrogen-bond donors (Lipinski definition) is 0. The number of rotatable bonds is 6. The largest absolute Gasteiger partial charge is 0.492 e. The second-order valence-electron chi connectivity index (χ2n) is 7.78. The Bertz CT molecular complexity index is 1270. The molecule has 1 heterocycles. The van der Waals surface area contributed by atoms with Crippen molar-refractivity contribution >= 4 is 56.2 Å². The van der Waals surface area contributed by atoms with Gasteiger partial charge in [-0.3, -0.25) is 9.69 Å². The number of ether oxygens (including phenoxy) is 2. The van der Waals surface area contributed by atoms with E-state index in [2.05, 4.69) is 15.9 Å². The van der Waals surface area contributed by atoms with Gasteiger partial charge in [0.05, 0.1) is 34.5 Å². The standard InChI is InChI=1S/C27H25BrN2O3S/c1-5-33-23-15-19(14-22(28)25(23)32-4)16-24-26(31)30(21-12-8-18(3)9-13-21)27(34-24)29-20-10-6-17(2)7-11-20/h6-16H,5H2,1-4H3/b24-16-,29-27?. The predicted octanol–water partition coefficient (Wildman–Crippen LogP) is 7.28. The summed E-state index contributed by atoms with van der Waals surface area (Å²) >= 11 is 4.90. The first kappa shape index (κ1) is 24.1. The van der Waals surface area contributed by atoms with Crippen LogP contribution in [0.3, 0.4) is 0 Å². The first-order chi connectivity index (χ1) is 16.4. The molecule has 0 saturated carbocycles. The Hall–Kier alpha value is -3.03. The van der Waals surface area contributed by atoms with Gasteiger partial charge in [0.1, 0.15) is 0 Å². The lowest BCUT2D eigenvalue weighted by Crippen LogP contribution is -2.28. The predicted molar refractivity (Wildman–Crippen MR) is 144 cm³/mol. The molecule has 34 heavy (non-hydrogen) atoms. The van der Waals surface area contributed by atoms with Crippen LogP contribution < -0.4 is 14.4 Å². The molecule has 1 amide bonds. The lowest BCUT2D eigenvalue weighted by molar-refractivity contribution is -0.113. The Kier molecular flexibility index (Phi) is 7.44. The fourth-order valence-corrected chi connectivity index (χ4v) is 5.11. The van der Waals surface area contributed by atoms with Gasteiger partial charge in [-0.25, -0.2) is 4.99 Å². The molecular formula is C27H25BrN2O3S. The average molecular weight is 537 g/mol. The van der Waals surface area contributed by atoms with E-state index in [1.807, 2.05) is 87.5 Å². The van der Waals surface area contributed by atoms with Crippen LogP contribution in [0.15, 0.2) is 75.0 Å². The summed E-state index contributed by atoms with van der Waals surface area (Å²) in [5, 5.41) is 0.613. The quantitative estimate of drug-likeness (QED) is 0.310. The maximum atomic E-state index is 13.6. The first-order valence-corrected chi connectivity index (χ1v) is 12.5. The van der Waals surface area contributed by atoms with E-state index < -0.39 is 0 Å². The highest BCUT2D eigenvalue weighted by atomic mass is 79.9. The normalized spacial score (nSPS) is 15.9. The summed E-state index contributed by atoms with van der Waals surface area (Å²) < 4.78 is 12.0. The molecule has 0 radical (unpaired) electrons. The van der Waals surface area contributed by atoms with Crippen LogP contribution in [0.25, 0.3) is 6.08 Å². The number of anilines is 1. The van der Waals surface area contributed by atoms with Crippen LogP contribution in [0.1, 0.15) is 23.6 Å². The Morgan fingerprint density at radius 2 is 1.68 bits per heavy atom. The van der Waals surface area contributed by atoms with Crippen molar-refractivity contribution in [2.45, 2.75) is 20.8 Å². The van der Waals surface area contributed by atoms with E-state index in [0.717, 1.165) is 32.5 Å². The maximum absolute atomic E-state index is 13.6. The Morgan fingerprint density at radius 3 is 2.29 bits per heavy atom. The Labute approximate surface area is 212 Å². The molecule has 0 atom stereocenters. The van der Waals surface area contributed by atoms with Gasteiger partial charge in [-0.05, 0) is 96.5 Å². The maximum Gasteiger partial charge on any atom is 0.271 e. The molecule has 0 aliphatic carbocycles. The van der Waals surface area contributed by atoms with Gasteiger partial charge in [0, 0.05) is 0 Å². The fraction of sp³-hybridized carbons (Fsp3) is 0.185. The van der Waals surface area contributed by atoms with Gasteiger partial charge in [0.25, 0.3) is 5.91 Å². The van der Waals surface area contributed by atoms with Crippen LogP contribution in [0.5, 0.6) is 11.5 Å². The third-order valence-corrected chi connectivity index (χ3v) is 6.75. The third kappa shape index (κ3) is 5.21. The number of amidine groups is 1. The number of carbonyl (C=O) groups excluding carboxylic acids is 1. The van der Waals surface area contributed by atoms with Crippen molar-refractivity contribution in [3.63, 3.8) is 0 Å². The van der Waals surface area contributed by atoms with Crippen LogP contribution in [0.2, 0.25) is 0 Å². The molecule has 0 spiro atoms. The van der Waals surface area contributed by atoms with Crippen molar-refractivity contribution in [3.05, 3.63) is 86.7 Å². The molecule has 1 aliphatic rings. The highest BCUT2D eigenvalue weighted by Gasteiger charge is 2.34. The number of carbonyl (C=O) groups is 1. The highest BCUT2D eigenvalue weighted by Crippen LogP contribution is 2.40. The number of hydrogen-bond acceptors (Lipinski definition) is 5. The second-order valence-corrected chi connectivity index (χ2v) is 9.65. The van der Waals surface area contributed by atoms with Crippen molar-refractivity contribution in [2.75, 3.05) is 18.6 Å². The number of thioether (sulfide) groups is 1. The molecule has 5 nitrogen and oxygen atoms in total. The number of nitrogens with zero attached hydrogens (tertiary/aromatic N) is 2. The van der Waals surface area contributed by atoms with E-state index in [0.29, 0.717) is 28.2 Å². The van der Waals surface area contributed by atoms with Gasteiger partial charge in [-0.2, -0.15) is 0 Å². The summed E-state index contributed by atoms with van der Waals surface area (Å²) in [4.78, 5) is 20.6. The van der Waals surface area contributed by atoms with E-state index in [4.69, 9.17) is 14.5 Å². The number of aliphatic imine (C=N–C) groups is 1. The molecule has 174 valence electrons. The van der Waals surface area contributed by atoms with Crippen LogP contribution in [-0.2, 0) is 4.79 Å². The molecule has 7 heteroatoms. The van der Waals surface area contributed by atoms with Gasteiger partial charge < -0.3 is 9.47 Å². The minimum absolute atomic E-state index is 0.121. The molecule has 0 unspecified atom stereocenters. The van der Waals surface area contributed by atoms with Gasteiger partial charge in [0.2, 0.25) is 0 Å². The van der Waals surface area contributed by atoms with Crippen molar-refractivity contribution in [3.8, 4) is 11.5 Å². The summed E-state index contributed by atoms with van der Waals surface area (Å²) in [7, 11) is 1.60. The molecule has 1 fully saturated rings. The van der Waals surface area contributed by atoms with Crippen molar-refractivity contribution < 1.29 is 14.3 Å². The lowest BCUT2D eigenvalue weighted by Gasteiger charge is -2.16. The smallest absolute Gasteiger partial charge is 0.271 e. The summed E-state index contributed by atoms with van der Waals surface area (Å²) in [5.41, 5.74) is 4.69. The van der Waals surface area contributed by atoms with Gasteiger partial charge in [0.15, 0.2) is 16.7 Å². The van der Waals surface area contributed by atoms with Crippen molar-refractivity contribution in [1.82, 2.24) is 0 Å². The number of methoxy groups -OCH3 is 1. The highest BCUT2D eigenvalue weighted by molar-refractivity contribution is 9.10. The number of benzene rings is 3. The molecule has 0 aromatic heterocycles. The minimum Gasteiger partial charge on any atom is -0.492 e. The van der Waals surface area contributed by atoms with Crippen molar-refractivity contribution in [2.24, 2.45) is 4.99 Å². The molecule has 4 rings (SSSR count). The summed E-state index contributed by atoms with van der Waals surface area (Å²) in [5.74, 6) is 1.12. The van der Waals surface area contributed by atoms with Crippen molar-refractivity contribution in [1.29, 1.82) is 0 Å². The molecule has 1 aliphatic heterocycles. The zero-order chi connectivity index (χ0) is 24.2. The van der Waals surface area contributed by atoms with Crippen LogP contribution in [0.4, 0.5) is 11.4 Å². The number of amides is 1. The van der Waals surface area contributed by atoms with E-state index in [1.54, 1.807) is 12.0 Å².